The summed E-state index contributed by atoms with van der Waals surface area (Å²) in [6, 6.07) is 4.02. The molecular weight excluding hydrogens is 322 g/mol. The summed E-state index contributed by atoms with van der Waals surface area (Å²) in [5.74, 6) is 2.43. The van der Waals surface area contributed by atoms with E-state index in [-0.39, 0.29) is 17.8 Å². The lowest BCUT2D eigenvalue weighted by Gasteiger charge is -2.44. The van der Waals surface area contributed by atoms with Gasteiger partial charge in [-0.05, 0) is 25.0 Å². The third kappa shape index (κ3) is 2.32. The number of hydrogen-bond donors (Lipinski definition) is 1. The second kappa shape index (κ2) is 5.23. The number of likely N-dealkylation sites (N-methyl/N-ethyl adjacent to an activating group) is 1. The number of nitrogens with one attached hydrogen (secondary N) is 1. The molecule has 1 saturated carbocycles. The van der Waals surface area contributed by atoms with Crippen LogP contribution in [-0.4, -0.2) is 72.0 Å². The summed E-state index contributed by atoms with van der Waals surface area (Å²) in [6.45, 7) is 1.46. The van der Waals surface area contributed by atoms with Crippen molar-refractivity contribution in [2.24, 2.45) is 0 Å². The molecule has 25 heavy (non-hydrogen) atoms. The molecule has 3 aromatic heterocycles. The molecule has 4 heterocycles. The van der Waals surface area contributed by atoms with Crippen LogP contribution in [0.25, 0.3) is 5.65 Å². The Bertz CT molecular complexity index is 924. The van der Waals surface area contributed by atoms with E-state index in [9.17, 15) is 4.79 Å². The SMILES string of the molecule is CN(C(=O)c1ncn[nH]1)C1CN(c2ccc3nnc(C4CC4)n3n2)C1. The van der Waals surface area contributed by atoms with Crippen LogP contribution in [0.1, 0.15) is 35.2 Å². The Balaban J connectivity index is 1.31. The fourth-order valence-electron chi connectivity index (χ4n) is 3.09. The molecule has 0 spiro atoms. The number of anilines is 1. The Morgan fingerprint density at radius 3 is 2.84 bits per heavy atom. The molecule has 2 fully saturated rings. The Morgan fingerprint density at radius 1 is 1.28 bits per heavy atom. The molecule has 0 aromatic carbocycles. The van der Waals surface area contributed by atoms with Gasteiger partial charge in [0.05, 0.1) is 6.04 Å². The second-order valence-electron chi connectivity index (χ2n) is 6.60. The van der Waals surface area contributed by atoms with Crippen molar-refractivity contribution in [2.75, 3.05) is 25.0 Å². The molecule has 2 aliphatic rings. The summed E-state index contributed by atoms with van der Waals surface area (Å²) in [7, 11) is 1.79. The molecule has 0 bridgehead atoms. The lowest BCUT2D eigenvalue weighted by atomic mass is 10.1. The van der Waals surface area contributed by atoms with E-state index in [1.807, 2.05) is 16.6 Å². The molecule has 1 amide bonds. The minimum absolute atomic E-state index is 0.124. The first kappa shape index (κ1) is 14.3. The van der Waals surface area contributed by atoms with E-state index >= 15 is 0 Å². The van der Waals surface area contributed by atoms with Crippen molar-refractivity contribution in [3.05, 3.63) is 30.1 Å². The van der Waals surface area contributed by atoms with E-state index in [0.717, 1.165) is 43.2 Å². The van der Waals surface area contributed by atoms with Gasteiger partial charge in [-0.1, -0.05) is 0 Å². The van der Waals surface area contributed by atoms with Crippen molar-refractivity contribution in [1.82, 2.24) is 39.9 Å². The Morgan fingerprint density at radius 2 is 2.12 bits per heavy atom. The van der Waals surface area contributed by atoms with E-state index in [0.29, 0.717) is 5.92 Å². The van der Waals surface area contributed by atoms with Gasteiger partial charge in [0, 0.05) is 26.1 Å². The van der Waals surface area contributed by atoms with Crippen molar-refractivity contribution in [3.63, 3.8) is 0 Å². The maximum absolute atomic E-state index is 12.3. The van der Waals surface area contributed by atoms with E-state index in [4.69, 9.17) is 5.10 Å². The fraction of sp³-hybridized carbons (Fsp3) is 0.467. The molecule has 5 rings (SSSR count). The molecular formula is C15H17N9O. The van der Waals surface area contributed by atoms with Gasteiger partial charge >= 0.3 is 0 Å². The fourth-order valence-corrected chi connectivity index (χ4v) is 3.09. The number of amides is 1. The van der Waals surface area contributed by atoms with Crippen LogP contribution < -0.4 is 4.90 Å². The molecule has 1 aliphatic carbocycles. The predicted molar refractivity (Wildman–Crippen MR) is 87.2 cm³/mol. The van der Waals surface area contributed by atoms with Gasteiger partial charge in [0.1, 0.15) is 12.1 Å². The van der Waals surface area contributed by atoms with Crippen LogP contribution >= 0.6 is 0 Å². The first-order valence-corrected chi connectivity index (χ1v) is 8.30. The van der Waals surface area contributed by atoms with E-state index in [2.05, 4.69) is 30.3 Å². The van der Waals surface area contributed by atoms with Gasteiger partial charge in [-0.15, -0.1) is 15.3 Å². The van der Waals surface area contributed by atoms with Gasteiger partial charge in [-0.25, -0.2) is 4.98 Å². The van der Waals surface area contributed by atoms with Crippen molar-refractivity contribution in [1.29, 1.82) is 0 Å². The van der Waals surface area contributed by atoms with Crippen LogP contribution in [0, 0.1) is 0 Å². The van der Waals surface area contributed by atoms with Gasteiger partial charge in [-0.3, -0.25) is 9.89 Å². The van der Waals surface area contributed by atoms with Crippen molar-refractivity contribution in [2.45, 2.75) is 24.8 Å². The average Bonchev–Trinajstić information content (AvgIpc) is 3.11. The lowest BCUT2D eigenvalue weighted by Crippen LogP contribution is -2.60. The summed E-state index contributed by atoms with van der Waals surface area (Å²) in [5, 5.41) is 19.5. The highest BCUT2D eigenvalue weighted by Gasteiger charge is 2.35. The molecule has 128 valence electrons. The van der Waals surface area contributed by atoms with Gasteiger partial charge in [0.2, 0.25) is 5.82 Å². The van der Waals surface area contributed by atoms with Gasteiger partial charge in [0.15, 0.2) is 11.5 Å². The van der Waals surface area contributed by atoms with Crippen LogP contribution in [0.5, 0.6) is 0 Å². The van der Waals surface area contributed by atoms with Crippen LogP contribution in [0.3, 0.4) is 0 Å². The number of aromatic amines is 1. The van der Waals surface area contributed by atoms with Crippen LogP contribution in [0.2, 0.25) is 0 Å². The highest BCUT2D eigenvalue weighted by Crippen LogP contribution is 2.38. The Hall–Kier alpha value is -3.04. The van der Waals surface area contributed by atoms with Crippen molar-refractivity contribution < 1.29 is 4.79 Å². The maximum Gasteiger partial charge on any atom is 0.291 e. The molecule has 0 atom stereocenters. The number of H-pyrrole nitrogens is 1. The van der Waals surface area contributed by atoms with Gasteiger partial charge in [0.25, 0.3) is 5.91 Å². The number of carbonyl (C=O) groups is 1. The van der Waals surface area contributed by atoms with Crippen LogP contribution in [0.15, 0.2) is 18.5 Å². The molecule has 1 saturated heterocycles. The quantitative estimate of drug-likeness (QED) is 0.717. The first-order chi connectivity index (χ1) is 12.2. The van der Waals surface area contributed by atoms with E-state index < -0.39 is 0 Å². The minimum atomic E-state index is -0.152. The molecule has 0 radical (unpaired) electrons. The molecule has 0 unspecified atom stereocenters. The zero-order chi connectivity index (χ0) is 17.0. The van der Waals surface area contributed by atoms with Gasteiger partial charge < -0.3 is 9.80 Å². The Kier molecular flexibility index (Phi) is 2.99. The standard InChI is InChI=1S/C15H17N9O/c1-22(15(25)13-16-8-17-19-13)10-6-23(7-10)12-5-4-11-18-20-14(9-2-3-9)24(11)21-12/h4-5,8-10H,2-3,6-7H2,1H3,(H,16,17,19). The number of fused-ring (bicyclic) bond motifs is 1. The highest BCUT2D eigenvalue weighted by atomic mass is 16.2. The molecule has 3 aromatic rings. The van der Waals surface area contributed by atoms with E-state index in [1.54, 1.807) is 11.9 Å². The monoisotopic (exact) mass is 339 g/mol. The third-order valence-electron chi connectivity index (χ3n) is 4.89. The van der Waals surface area contributed by atoms with Gasteiger partial charge in [-0.2, -0.15) is 9.61 Å². The zero-order valence-corrected chi connectivity index (χ0v) is 13.7. The average molecular weight is 339 g/mol. The number of nitrogens with zero attached hydrogens (tertiary/aromatic N) is 8. The summed E-state index contributed by atoms with van der Waals surface area (Å²) < 4.78 is 1.85. The lowest BCUT2D eigenvalue weighted by molar-refractivity contribution is 0.0693. The van der Waals surface area contributed by atoms with E-state index in [1.165, 1.54) is 6.33 Å². The normalized spacial score (nSPS) is 17.7. The molecule has 10 nitrogen and oxygen atoms in total. The number of aromatic nitrogens is 7. The maximum atomic E-state index is 12.3. The van der Waals surface area contributed by atoms with Crippen molar-refractivity contribution >= 4 is 17.4 Å². The van der Waals surface area contributed by atoms with Crippen molar-refractivity contribution in [3.8, 4) is 0 Å². The molecule has 1 N–H and O–H groups in total. The smallest absolute Gasteiger partial charge is 0.291 e. The number of hydrogen-bond acceptors (Lipinski definition) is 7. The summed E-state index contributed by atoms with van der Waals surface area (Å²) in [4.78, 5) is 20.0. The summed E-state index contributed by atoms with van der Waals surface area (Å²) in [5.41, 5.74) is 0.778. The molecule has 10 heteroatoms. The predicted octanol–water partition coefficient (Wildman–Crippen LogP) is 0.0806. The number of carbonyl (C=O) groups excluding carboxylic acids is 1. The minimum Gasteiger partial charge on any atom is -0.351 e. The van der Waals surface area contributed by atoms with Crippen LogP contribution in [0.4, 0.5) is 5.82 Å². The topological polar surface area (TPSA) is 108 Å². The second-order valence-corrected chi connectivity index (χ2v) is 6.60. The zero-order valence-electron chi connectivity index (χ0n) is 13.7. The highest BCUT2D eigenvalue weighted by molar-refractivity contribution is 5.90. The molecule has 1 aliphatic heterocycles. The largest absolute Gasteiger partial charge is 0.351 e. The third-order valence-corrected chi connectivity index (χ3v) is 4.89. The number of rotatable bonds is 4. The summed E-state index contributed by atoms with van der Waals surface area (Å²) >= 11 is 0. The first-order valence-electron chi connectivity index (χ1n) is 8.30. The van der Waals surface area contributed by atoms with Crippen LogP contribution in [-0.2, 0) is 0 Å². The Labute approximate surface area is 142 Å². The summed E-state index contributed by atoms with van der Waals surface area (Å²) in [6.07, 6.45) is 3.66.